The third-order valence-electron chi connectivity index (χ3n) is 10.2. The zero-order chi connectivity index (χ0) is 34.9. The van der Waals surface area contributed by atoms with Gasteiger partial charge in [-0.3, -0.25) is 4.79 Å². The predicted molar refractivity (Wildman–Crippen MR) is 195 cm³/mol. The molecule has 1 saturated carbocycles. The van der Waals surface area contributed by atoms with Crippen LogP contribution in [0, 0.1) is 23.7 Å². The van der Waals surface area contributed by atoms with Crippen LogP contribution in [-0.4, -0.2) is 69.4 Å². The maximum absolute atomic E-state index is 13.2. The molecule has 0 bridgehead atoms. The molecule has 3 fully saturated rings. The van der Waals surface area contributed by atoms with Crippen LogP contribution in [0.25, 0.3) is 0 Å². The number of thiophene rings is 1. The van der Waals surface area contributed by atoms with Gasteiger partial charge in [0, 0.05) is 36.8 Å². The highest BCUT2D eigenvalue weighted by molar-refractivity contribution is 9.10. The number of benzene rings is 1. The van der Waals surface area contributed by atoms with Crippen molar-refractivity contribution >= 4 is 82.3 Å². The molecule has 2 aliphatic heterocycles. The predicted octanol–water partition coefficient (Wildman–Crippen LogP) is 6.92. The van der Waals surface area contributed by atoms with Gasteiger partial charge < -0.3 is 10.0 Å². The van der Waals surface area contributed by atoms with Gasteiger partial charge in [-0.15, -0.1) is 11.3 Å². The number of carboxylic acid groups (broad SMARTS) is 1. The Hall–Kier alpha value is -1.78. The molecule has 6 rings (SSSR count). The number of pyridine rings is 1. The standard InChI is InChI=1S/C33H39BrCl2N4O6S3/c34-27-18-30(47-31(27)36)49(45,46)40-15-12-25-24(26(25)20-40)9-5-4-6-21-10-13-39(14-11-21)32-28(35)17-23(19-37-32)48(43,44)38-29(33(41)42)16-22-7-2-1-3-8-22/h1-3,7-8,17-19,21,24-26,29,38H,4-6,9-16,20H2,(H,41,42). The van der Waals surface area contributed by atoms with Crippen LogP contribution in [0.4, 0.5) is 5.82 Å². The highest BCUT2D eigenvalue weighted by atomic mass is 79.9. The average molecular weight is 835 g/mol. The van der Waals surface area contributed by atoms with E-state index in [4.69, 9.17) is 23.2 Å². The number of rotatable bonds is 14. The van der Waals surface area contributed by atoms with E-state index >= 15 is 0 Å². The molecule has 4 unspecified atom stereocenters. The van der Waals surface area contributed by atoms with E-state index in [1.807, 2.05) is 0 Å². The second kappa shape index (κ2) is 15.4. The number of carbonyl (C=O) groups is 1. The number of halogens is 3. The van der Waals surface area contributed by atoms with Gasteiger partial charge in [-0.05, 0) is 89.4 Å². The molecule has 0 spiro atoms. The van der Waals surface area contributed by atoms with Crippen LogP contribution in [0.1, 0.15) is 50.5 Å². The summed E-state index contributed by atoms with van der Waals surface area (Å²) in [4.78, 5) is 18.1. The van der Waals surface area contributed by atoms with Crippen LogP contribution in [0.3, 0.4) is 0 Å². The zero-order valence-electron chi connectivity index (χ0n) is 26.7. The molecule has 2 saturated heterocycles. The largest absolute Gasteiger partial charge is 0.480 e. The highest BCUT2D eigenvalue weighted by Gasteiger charge is 2.53. The average Bonchev–Trinajstić information content (AvgIpc) is 3.66. The monoisotopic (exact) mass is 832 g/mol. The lowest BCUT2D eigenvalue weighted by Crippen LogP contribution is -2.42. The fraction of sp³-hybridized carbons (Fsp3) is 0.515. The molecular formula is C33H39BrCl2N4O6S3. The lowest BCUT2D eigenvalue weighted by molar-refractivity contribution is -0.138. The number of sulfonamides is 2. The first-order valence-electron chi connectivity index (χ1n) is 16.5. The normalized spacial score (nSPS) is 22.5. The SMILES string of the molecule is O=C(O)C(Cc1ccccc1)NS(=O)(=O)c1cnc(N2CCC(CCCCC3C4CCN(S(=O)(=O)c5cc(Br)c(Cl)s5)CC34)CC2)c(Cl)c1. The Labute approximate surface area is 310 Å². The molecule has 4 heterocycles. The molecule has 1 aromatic carbocycles. The third kappa shape index (κ3) is 8.65. The van der Waals surface area contributed by atoms with Gasteiger partial charge in [0.2, 0.25) is 10.0 Å². The second-order valence-electron chi connectivity index (χ2n) is 13.2. The van der Waals surface area contributed by atoms with Gasteiger partial charge in [0.1, 0.15) is 25.3 Å². The van der Waals surface area contributed by atoms with Crippen LogP contribution in [0.2, 0.25) is 9.36 Å². The van der Waals surface area contributed by atoms with Crippen molar-refractivity contribution in [2.24, 2.45) is 23.7 Å². The fourth-order valence-corrected chi connectivity index (χ4v) is 12.9. The molecule has 4 atom stereocenters. The maximum atomic E-state index is 13.2. The molecule has 3 aromatic rings. The summed E-state index contributed by atoms with van der Waals surface area (Å²) in [6.07, 6.45) is 8.70. The first-order valence-corrected chi connectivity index (χ1v) is 21.8. The van der Waals surface area contributed by atoms with E-state index in [1.165, 1.54) is 12.3 Å². The van der Waals surface area contributed by atoms with Gasteiger partial charge >= 0.3 is 5.97 Å². The number of hydrogen-bond acceptors (Lipinski definition) is 8. The van der Waals surface area contributed by atoms with Crippen molar-refractivity contribution in [2.75, 3.05) is 31.1 Å². The van der Waals surface area contributed by atoms with Gasteiger partial charge in [-0.25, -0.2) is 21.8 Å². The summed E-state index contributed by atoms with van der Waals surface area (Å²) in [7, 11) is -7.69. The molecular weight excluding hydrogens is 795 g/mol. The Morgan fingerprint density at radius 1 is 1.02 bits per heavy atom. The van der Waals surface area contributed by atoms with Gasteiger partial charge in [0.05, 0.1) is 5.02 Å². The number of nitrogens with zero attached hydrogens (tertiary/aromatic N) is 3. The van der Waals surface area contributed by atoms with E-state index in [2.05, 4.69) is 30.5 Å². The van der Waals surface area contributed by atoms with Crippen molar-refractivity contribution in [3.8, 4) is 0 Å². The molecule has 2 N–H and O–H groups in total. The first-order chi connectivity index (χ1) is 23.3. The van der Waals surface area contributed by atoms with E-state index in [9.17, 15) is 26.7 Å². The molecule has 49 heavy (non-hydrogen) atoms. The van der Waals surface area contributed by atoms with Crippen molar-refractivity contribution in [1.82, 2.24) is 14.0 Å². The van der Waals surface area contributed by atoms with Crippen LogP contribution < -0.4 is 9.62 Å². The molecule has 10 nitrogen and oxygen atoms in total. The number of fused-ring (bicyclic) bond motifs is 1. The number of aliphatic carboxylic acids is 1. The summed E-state index contributed by atoms with van der Waals surface area (Å²) >= 11 is 17.1. The number of nitrogens with one attached hydrogen (secondary N) is 1. The summed E-state index contributed by atoms with van der Waals surface area (Å²) in [5, 5.41) is 9.86. The quantitative estimate of drug-likeness (QED) is 0.167. The highest BCUT2D eigenvalue weighted by Crippen LogP contribution is 2.55. The van der Waals surface area contributed by atoms with Crippen molar-refractivity contribution in [3.05, 3.63) is 68.1 Å². The minimum Gasteiger partial charge on any atom is -0.480 e. The summed E-state index contributed by atoms with van der Waals surface area (Å²) < 4.78 is 57.7. The van der Waals surface area contributed by atoms with Gasteiger partial charge in [0.15, 0.2) is 0 Å². The van der Waals surface area contributed by atoms with Gasteiger partial charge in [-0.2, -0.15) is 9.03 Å². The van der Waals surface area contributed by atoms with E-state index in [0.29, 0.717) is 61.2 Å². The smallest absolute Gasteiger partial charge is 0.322 e. The molecule has 0 amide bonds. The number of anilines is 1. The fourth-order valence-electron chi connectivity index (χ4n) is 7.39. The van der Waals surface area contributed by atoms with E-state index in [-0.39, 0.29) is 16.3 Å². The Morgan fingerprint density at radius 2 is 1.73 bits per heavy atom. The number of piperidine rings is 2. The molecule has 16 heteroatoms. The Kier molecular flexibility index (Phi) is 11.7. The lowest BCUT2D eigenvalue weighted by Gasteiger charge is -2.33. The Bertz CT molecular complexity index is 1850. The van der Waals surface area contributed by atoms with Gasteiger partial charge in [-0.1, -0.05) is 72.8 Å². The van der Waals surface area contributed by atoms with E-state index in [1.54, 1.807) is 40.7 Å². The number of unbranched alkanes of at least 4 members (excludes halogenated alkanes) is 1. The number of aromatic nitrogens is 1. The van der Waals surface area contributed by atoms with Crippen LogP contribution in [0.15, 0.2) is 62.2 Å². The zero-order valence-corrected chi connectivity index (χ0v) is 32.2. The minimum atomic E-state index is -4.18. The number of carboxylic acids is 1. The third-order valence-corrected chi connectivity index (χ3v) is 16.7. The van der Waals surface area contributed by atoms with E-state index in [0.717, 1.165) is 69.4 Å². The van der Waals surface area contributed by atoms with Crippen molar-refractivity contribution < 1.29 is 26.7 Å². The van der Waals surface area contributed by atoms with Crippen LogP contribution in [0.5, 0.6) is 0 Å². The van der Waals surface area contributed by atoms with Crippen LogP contribution in [-0.2, 0) is 31.3 Å². The minimum absolute atomic E-state index is 0.00162. The van der Waals surface area contributed by atoms with Crippen molar-refractivity contribution in [2.45, 2.75) is 66.5 Å². The van der Waals surface area contributed by atoms with Crippen molar-refractivity contribution in [1.29, 1.82) is 0 Å². The molecule has 266 valence electrons. The molecule has 0 radical (unpaired) electrons. The summed E-state index contributed by atoms with van der Waals surface area (Å²) in [6, 6.07) is 10.4. The first kappa shape index (κ1) is 37.0. The number of hydrogen-bond donors (Lipinski definition) is 2. The summed E-state index contributed by atoms with van der Waals surface area (Å²) in [6.45, 7) is 2.70. The second-order valence-corrected chi connectivity index (χ2v) is 20.0. The van der Waals surface area contributed by atoms with E-state index < -0.39 is 32.1 Å². The molecule has 3 aliphatic rings. The lowest BCUT2D eigenvalue weighted by atomic mass is 9.91. The molecule has 1 aliphatic carbocycles. The van der Waals surface area contributed by atoms with Crippen LogP contribution >= 0.6 is 50.5 Å². The maximum Gasteiger partial charge on any atom is 0.322 e. The van der Waals surface area contributed by atoms with Gasteiger partial charge in [0.25, 0.3) is 10.0 Å². The van der Waals surface area contributed by atoms with Crippen molar-refractivity contribution in [3.63, 3.8) is 0 Å². The Morgan fingerprint density at radius 3 is 2.39 bits per heavy atom. The Balaban J connectivity index is 0.931. The molecule has 2 aromatic heterocycles. The summed E-state index contributed by atoms with van der Waals surface area (Å²) in [5.74, 6) is 1.54. The topological polar surface area (TPSA) is 137 Å². The summed E-state index contributed by atoms with van der Waals surface area (Å²) in [5.41, 5.74) is 0.699.